The van der Waals surface area contributed by atoms with E-state index in [-0.39, 0.29) is 11.6 Å². The molecule has 0 aliphatic carbocycles. The lowest BCUT2D eigenvalue weighted by Crippen LogP contribution is -2.19. The predicted molar refractivity (Wildman–Crippen MR) is 142 cm³/mol. The fourth-order valence-electron chi connectivity index (χ4n) is 3.87. The van der Waals surface area contributed by atoms with Crippen LogP contribution in [-0.2, 0) is 6.54 Å². The van der Waals surface area contributed by atoms with E-state index in [0.717, 1.165) is 11.3 Å². The second-order valence-corrected chi connectivity index (χ2v) is 8.23. The van der Waals surface area contributed by atoms with Crippen LogP contribution in [0, 0.1) is 5.82 Å². The number of benzene rings is 3. The summed E-state index contributed by atoms with van der Waals surface area (Å²) in [5, 5.41) is 26.7. The molecule has 3 aromatic carbocycles. The van der Waals surface area contributed by atoms with Gasteiger partial charge in [-0.05, 0) is 54.1 Å². The number of fused-ring (bicyclic) bond motifs is 1. The van der Waals surface area contributed by atoms with Crippen molar-refractivity contribution in [3.8, 4) is 17.0 Å². The second-order valence-electron chi connectivity index (χ2n) is 8.23. The number of nitrogens with one attached hydrogen (secondary N) is 4. The largest absolute Gasteiger partial charge is 0.507 e. The lowest BCUT2D eigenvalue weighted by molar-refractivity contribution is 0.262. The Morgan fingerprint density at radius 2 is 1.76 bits per heavy atom. The zero-order valence-corrected chi connectivity index (χ0v) is 19.9. The molecule has 0 fully saturated rings. The molecule has 5 aromatic rings. The van der Waals surface area contributed by atoms with Crippen LogP contribution in [-0.4, -0.2) is 32.8 Å². The highest BCUT2D eigenvalue weighted by Gasteiger charge is 2.14. The number of hydrogen-bond acceptors (Lipinski definition) is 6. The molecule has 37 heavy (non-hydrogen) atoms. The zero-order valence-electron chi connectivity index (χ0n) is 19.9. The van der Waals surface area contributed by atoms with E-state index < -0.39 is 6.03 Å². The number of urea groups is 1. The van der Waals surface area contributed by atoms with E-state index in [0.29, 0.717) is 40.6 Å². The normalized spacial score (nSPS) is 10.8. The van der Waals surface area contributed by atoms with E-state index >= 15 is 0 Å². The third-order valence-corrected chi connectivity index (χ3v) is 5.68. The van der Waals surface area contributed by atoms with Crippen molar-refractivity contribution in [1.29, 1.82) is 0 Å². The molecule has 0 spiro atoms. The fraction of sp³-hybridized carbons (Fsp3) is 0.0741. The van der Waals surface area contributed by atoms with Crippen LogP contribution in [0.4, 0.5) is 32.1 Å². The van der Waals surface area contributed by atoms with Crippen LogP contribution >= 0.6 is 0 Å². The van der Waals surface area contributed by atoms with Crippen molar-refractivity contribution in [3.63, 3.8) is 0 Å². The summed E-state index contributed by atoms with van der Waals surface area (Å²) in [6, 6.07) is 21.4. The number of amides is 2. The van der Waals surface area contributed by atoms with Gasteiger partial charge in [0.25, 0.3) is 0 Å². The van der Waals surface area contributed by atoms with Gasteiger partial charge in [-0.25, -0.2) is 14.2 Å². The summed E-state index contributed by atoms with van der Waals surface area (Å²) in [5.74, 6) is 0.438. The predicted octanol–water partition coefficient (Wildman–Crippen LogP) is 5.54. The summed E-state index contributed by atoms with van der Waals surface area (Å²) >= 11 is 0. The molecule has 186 valence electrons. The monoisotopic (exact) mass is 497 g/mol. The lowest BCUT2D eigenvalue weighted by Gasteiger charge is -2.13. The number of carbonyl (C=O) groups excluding carboxylic acids is 1. The Bertz CT molecular complexity index is 1570. The van der Waals surface area contributed by atoms with Gasteiger partial charge in [0.05, 0.1) is 17.6 Å². The number of hydrogen-bond donors (Lipinski definition) is 5. The molecular formula is C27H24FN7O2. The Labute approximate surface area is 212 Å². The van der Waals surface area contributed by atoms with Crippen LogP contribution in [0.15, 0.2) is 85.1 Å². The van der Waals surface area contributed by atoms with Crippen molar-refractivity contribution in [2.24, 2.45) is 0 Å². The van der Waals surface area contributed by atoms with Crippen molar-refractivity contribution in [2.45, 2.75) is 6.54 Å². The Kier molecular flexibility index (Phi) is 6.54. The molecule has 10 heteroatoms. The highest BCUT2D eigenvalue weighted by molar-refractivity contribution is 5.99. The van der Waals surface area contributed by atoms with E-state index in [1.165, 1.54) is 24.3 Å². The van der Waals surface area contributed by atoms with Gasteiger partial charge in [0.1, 0.15) is 17.4 Å². The first-order valence-electron chi connectivity index (χ1n) is 11.5. The molecular weight excluding hydrogens is 473 g/mol. The molecule has 2 aromatic heterocycles. The topological polar surface area (TPSA) is 116 Å². The summed E-state index contributed by atoms with van der Waals surface area (Å²) in [7, 11) is 1.79. The summed E-state index contributed by atoms with van der Waals surface area (Å²) < 4.78 is 14.8. The summed E-state index contributed by atoms with van der Waals surface area (Å²) in [5.41, 5.74) is 4.56. The summed E-state index contributed by atoms with van der Waals surface area (Å²) in [6.45, 7) is 0.434. The zero-order chi connectivity index (χ0) is 25.8. The summed E-state index contributed by atoms with van der Waals surface area (Å²) in [6.07, 6.45) is 1.69. The van der Waals surface area contributed by atoms with E-state index in [2.05, 4.69) is 26.4 Å². The van der Waals surface area contributed by atoms with Crippen molar-refractivity contribution in [2.75, 3.05) is 28.3 Å². The van der Waals surface area contributed by atoms with Gasteiger partial charge in [0, 0.05) is 36.6 Å². The van der Waals surface area contributed by atoms with E-state index in [1.54, 1.807) is 42.0 Å². The average Bonchev–Trinajstić information content (AvgIpc) is 3.32. The number of halogens is 1. The lowest BCUT2D eigenvalue weighted by atomic mass is 10.1. The molecule has 9 nitrogen and oxygen atoms in total. The minimum absolute atomic E-state index is 0.133. The van der Waals surface area contributed by atoms with Crippen molar-refractivity contribution >= 4 is 34.6 Å². The highest BCUT2D eigenvalue weighted by atomic mass is 19.1. The molecule has 2 heterocycles. The third kappa shape index (κ3) is 5.27. The first kappa shape index (κ1) is 23.6. The van der Waals surface area contributed by atoms with E-state index in [4.69, 9.17) is 4.98 Å². The maximum atomic E-state index is 13.1. The van der Waals surface area contributed by atoms with Gasteiger partial charge in [0.2, 0.25) is 0 Å². The molecule has 0 bridgehead atoms. The van der Waals surface area contributed by atoms with Crippen LogP contribution < -0.4 is 21.3 Å². The molecule has 0 atom stereocenters. The molecule has 0 aliphatic rings. The number of phenolic OH excluding ortho intramolecular Hbond substituents is 1. The van der Waals surface area contributed by atoms with Crippen LogP contribution in [0.1, 0.15) is 5.56 Å². The van der Waals surface area contributed by atoms with Crippen molar-refractivity contribution < 1.29 is 14.3 Å². The maximum absolute atomic E-state index is 13.1. The van der Waals surface area contributed by atoms with Gasteiger partial charge in [-0.1, -0.05) is 24.3 Å². The average molecular weight is 498 g/mol. The Hall–Kier alpha value is -5.12. The van der Waals surface area contributed by atoms with Crippen LogP contribution in [0.25, 0.3) is 16.9 Å². The molecule has 0 saturated heterocycles. The van der Waals surface area contributed by atoms with Gasteiger partial charge >= 0.3 is 6.03 Å². The first-order valence-corrected chi connectivity index (χ1v) is 11.5. The van der Waals surface area contributed by atoms with Gasteiger partial charge in [-0.2, -0.15) is 9.61 Å². The minimum Gasteiger partial charge on any atom is -0.507 e. The van der Waals surface area contributed by atoms with Crippen LogP contribution in [0.5, 0.6) is 5.75 Å². The van der Waals surface area contributed by atoms with Gasteiger partial charge in [-0.3, -0.25) is 0 Å². The standard InChI is InChI=1S/C27H24FN7O2/c1-29-23-16-31-35-25(14-22(34-26(23)35)21-7-2-3-8-24(21)36)30-15-17-5-4-6-20(13-17)33-27(37)32-19-11-9-18(28)10-12-19/h2-14,16,29-30,36H,15H2,1H3,(H2,32,33,37). The van der Waals surface area contributed by atoms with Gasteiger partial charge in [0.15, 0.2) is 5.65 Å². The molecule has 5 rings (SSSR count). The number of aromatic nitrogens is 3. The number of rotatable bonds is 7. The quantitative estimate of drug-likeness (QED) is 0.202. The fourth-order valence-corrected chi connectivity index (χ4v) is 3.87. The molecule has 0 radical (unpaired) electrons. The van der Waals surface area contributed by atoms with Crippen molar-refractivity contribution in [3.05, 3.63) is 96.4 Å². The number of carbonyl (C=O) groups is 1. The second kappa shape index (κ2) is 10.2. The third-order valence-electron chi connectivity index (χ3n) is 5.68. The van der Waals surface area contributed by atoms with Crippen molar-refractivity contribution in [1.82, 2.24) is 14.6 Å². The number of para-hydroxylation sites is 1. The number of nitrogens with zero attached hydrogens (tertiary/aromatic N) is 3. The van der Waals surface area contributed by atoms with Crippen LogP contribution in [0.2, 0.25) is 0 Å². The molecule has 0 unspecified atom stereocenters. The Morgan fingerprint density at radius 3 is 2.54 bits per heavy atom. The molecule has 0 aliphatic heterocycles. The summed E-state index contributed by atoms with van der Waals surface area (Å²) in [4.78, 5) is 17.1. The van der Waals surface area contributed by atoms with E-state index in [9.17, 15) is 14.3 Å². The smallest absolute Gasteiger partial charge is 0.323 e. The van der Waals surface area contributed by atoms with E-state index in [1.807, 2.05) is 30.3 Å². The SMILES string of the molecule is CNc1cnn2c(NCc3cccc(NC(=O)Nc4ccc(F)cc4)c3)cc(-c3ccccc3O)nc12. The van der Waals surface area contributed by atoms with Gasteiger partial charge < -0.3 is 26.4 Å². The number of aromatic hydroxyl groups is 1. The minimum atomic E-state index is -0.434. The Morgan fingerprint density at radius 1 is 0.973 bits per heavy atom. The first-order chi connectivity index (χ1) is 18.0. The Balaban J connectivity index is 1.35. The molecule has 0 saturated carbocycles. The molecule has 2 amide bonds. The number of anilines is 4. The van der Waals surface area contributed by atoms with Crippen LogP contribution in [0.3, 0.4) is 0 Å². The highest BCUT2D eigenvalue weighted by Crippen LogP contribution is 2.31. The maximum Gasteiger partial charge on any atom is 0.323 e. The molecule has 5 N–H and O–H groups in total. The van der Waals surface area contributed by atoms with Gasteiger partial charge in [-0.15, -0.1) is 0 Å². The number of phenols is 1.